The molecule has 0 spiro atoms. The van der Waals surface area contributed by atoms with Gasteiger partial charge in [-0.25, -0.2) is 4.98 Å². The van der Waals surface area contributed by atoms with Crippen LogP contribution in [0.1, 0.15) is 0 Å². The van der Waals surface area contributed by atoms with Crippen LogP contribution in [0.5, 0.6) is 0 Å². The highest BCUT2D eigenvalue weighted by Gasteiger charge is 2.17. The highest BCUT2D eigenvalue weighted by Crippen LogP contribution is 2.39. The fourth-order valence-electron chi connectivity index (χ4n) is 9.33. The SMILES string of the molecule is c1ccc(-c2cc(-c3ccccc3)nc(-c3ccc(-c4ccc5c(c4)c4ccccc4n5-c4cccc(-c5ccc6c(c5)c5ccccc5n6-c5ccccc5)c4)cc3)c2)cc1. The van der Waals surface area contributed by atoms with Crippen molar-refractivity contribution in [2.75, 3.05) is 0 Å². The van der Waals surface area contributed by atoms with Gasteiger partial charge in [0.15, 0.2) is 0 Å². The molecule has 12 aromatic rings. The molecule has 9 aromatic carbocycles. The summed E-state index contributed by atoms with van der Waals surface area (Å²) >= 11 is 0. The Morgan fingerprint density at radius 2 is 0.613 bits per heavy atom. The van der Waals surface area contributed by atoms with Gasteiger partial charge < -0.3 is 9.13 Å². The third kappa shape index (κ3) is 6.10. The molecule has 0 atom stereocenters. The van der Waals surface area contributed by atoms with Gasteiger partial charge in [0, 0.05) is 44.0 Å². The predicted octanol–water partition coefficient (Wildman–Crippen LogP) is 15.6. The van der Waals surface area contributed by atoms with E-state index in [2.05, 4.69) is 240 Å². The molecule has 3 heterocycles. The van der Waals surface area contributed by atoms with E-state index in [-0.39, 0.29) is 0 Å². The highest BCUT2D eigenvalue weighted by molar-refractivity contribution is 6.12. The minimum Gasteiger partial charge on any atom is -0.309 e. The molecule has 0 saturated heterocycles. The average molecular weight is 790 g/mol. The van der Waals surface area contributed by atoms with Gasteiger partial charge in [0.25, 0.3) is 0 Å². The van der Waals surface area contributed by atoms with Crippen LogP contribution in [-0.4, -0.2) is 14.1 Å². The van der Waals surface area contributed by atoms with E-state index >= 15 is 0 Å². The summed E-state index contributed by atoms with van der Waals surface area (Å²) in [6.07, 6.45) is 0. The number of benzene rings is 9. The zero-order chi connectivity index (χ0) is 41.0. The van der Waals surface area contributed by atoms with Gasteiger partial charge in [0.05, 0.1) is 33.5 Å². The molecule has 62 heavy (non-hydrogen) atoms. The normalized spacial score (nSPS) is 11.5. The molecule has 3 nitrogen and oxygen atoms in total. The molecule has 0 fully saturated rings. The van der Waals surface area contributed by atoms with E-state index in [9.17, 15) is 0 Å². The van der Waals surface area contributed by atoms with E-state index in [0.29, 0.717) is 0 Å². The summed E-state index contributed by atoms with van der Waals surface area (Å²) in [5, 5.41) is 4.96. The second-order valence-corrected chi connectivity index (χ2v) is 16.0. The lowest BCUT2D eigenvalue weighted by Gasteiger charge is -2.12. The third-order valence-electron chi connectivity index (χ3n) is 12.3. The van der Waals surface area contributed by atoms with Crippen molar-refractivity contribution >= 4 is 43.6 Å². The Balaban J connectivity index is 0.916. The fourth-order valence-corrected chi connectivity index (χ4v) is 9.33. The molecule has 3 aromatic heterocycles. The molecule has 0 radical (unpaired) electrons. The van der Waals surface area contributed by atoms with Crippen molar-refractivity contribution in [2.24, 2.45) is 0 Å². The average Bonchev–Trinajstić information content (AvgIpc) is 3.87. The smallest absolute Gasteiger partial charge is 0.0715 e. The molecular formula is C59H39N3. The maximum atomic E-state index is 5.17. The van der Waals surface area contributed by atoms with Crippen LogP contribution in [0.15, 0.2) is 237 Å². The maximum Gasteiger partial charge on any atom is 0.0715 e. The molecule has 0 aliphatic heterocycles. The molecule has 0 saturated carbocycles. The topological polar surface area (TPSA) is 22.8 Å². The van der Waals surface area contributed by atoms with Crippen LogP contribution in [0, 0.1) is 0 Å². The summed E-state index contributed by atoms with van der Waals surface area (Å²) < 4.78 is 4.78. The Labute approximate surface area is 360 Å². The van der Waals surface area contributed by atoms with E-state index in [1.54, 1.807) is 0 Å². The van der Waals surface area contributed by atoms with Crippen molar-refractivity contribution in [3.63, 3.8) is 0 Å². The molecule has 0 bridgehead atoms. The number of fused-ring (bicyclic) bond motifs is 6. The monoisotopic (exact) mass is 789 g/mol. The third-order valence-corrected chi connectivity index (χ3v) is 12.3. The van der Waals surface area contributed by atoms with Crippen LogP contribution in [0.2, 0.25) is 0 Å². The Kier molecular flexibility index (Phi) is 8.50. The molecule has 290 valence electrons. The highest BCUT2D eigenvalue weighted by atomic mass is 15.0. The number of nitrogens with zero attached hydrogens (tertiary/aromatic N) is 3. The summed E-state index contributed by atoms with van der Waals surface area (Å²) in [7, 11) is 0. The van der Waals surface area contributed by atoms with Crippen molar-refractivity contribution in [1.82, 2.24) is 14.1 Å². The summed E-state index contributed by atoms with van der Waals surface area (Å²) in [5.74, 6) is 0. The molecule has 0 N–H and O–H groups in total. The Hall–Kier alpha value is -8.27. The van der Waals surface area contributed by atoms with Crippen LogP contribution in [-0.2, 0) is 0 Å². The van der Waals surface area contributed by atoms with Crippen molar-refractivity contribution in [1.29, 1.82) is 0 Å². The van der Waals surface area contributed by atoms with Gasteiger partial charge in [0.2, 0.25) is 0 Å². The summed E-state index contributed by atoms with van der Waals surface area (Å²) in [6, 6.07) is 85.2. The van der Waals surface area contributed by atoms with Gasteiger partial charge in [-0.1, -0.05) is 164 Å². The van der Waals surface area contributed by atoms with Crippen LogP contribution in [0.4, 0.5) is 0 Å². The Morgan fingerprint density at radius 1 is 0.226 bits per heavy atom. The fraction of sp³-hybridized carbons (Fsp3) is 0. The first-order chi connectivity index (χ1) is 30.7. The first-order valence-corrected chi connectivity index (χ1v) is 21.2. The van der Waals surface area contributed by atoms with E-state index in [1.165, 1.54) is 77.1 Å². The van der Waals surface area contributed by atoms with E-state index in [0.717, 1.165) is 33.8 Å². The van der Waals surface area contributed by atoms with Gasteiger partial charge in [-0.05, 0) is 106 Å². The van der Waals surface area contributed by atoms with Crippen LogP contribution < -0.4 is 0 Å². The minimum atomic E-state index is 0.955. The van der Waals surface area contributed by atoms with E-state index in [4.69, 9.17) is 4.98 Å². The summed E-state index contributed by atoms with van der Waals surface area (Å²) in [5.41, 5.74) is 18.2. The molecule has 0 amide bonds. The number of aromatic nitrogens is 3. The van der Waals surface area contributed by atoms with Crippen molar-refractivity contribution in [3.8, 4) is 67.3 Å². The van der Waals surface area contributed by atoms with E-state index < -0.39 is 0 Å². The van der Waals surface area contributed by atoms with Gasteiger partial charge in [-0.15, -0.1) is 0 Å². The zero-order valence-corrected chi connectivity index (χ0v) is 33.9. The first-order valence-electron chi connectivity index (χ1n) is 21.2. The standard InChI is InChI=1S/C59H39N3/c1-4-15-40(16-5-1)47-38-54(42-17-6-2-7-18-42)60-55(39-47)43-29-27-41(28-30-43)45-31-33-59-52(36-45)51-24-11-13-26-57(51)62(59)49-22-14-19-44(35-49)46-32-34-58-53(37-46)50-23-10-12-25-56(50)61(58)48-20-8-3-9-21-48/h1-39H. The van der Waals surface area contributed by atoms with Crippen LogP contribution in [0.3, 0.4) is 0 Å². The largest absolute Gasteiger partial charge is 0.309 e. The summed E-state index contributed by atoms with van der Waals surface area (Å²) in [6.45, 7) is 0. The second-order valence-electron chi connectivity index (χ2n) is 16.0. The number of rotatable bonds is 7. The van der Waals surface area contributed by atoms with Crippen LogP contribution >= 0.6 is 0 Å². The maximum absolute atomic E-state index is 5.17. The summed E-state index contributed by atoms with van der Waals surface area (Å²) in [4.78, 5) is 5.17. The van der Waals surface area contributed by atoms with Crippen LogP contribution in [0.25, 0.3) is 111 Å². The van der Waals surface area contributed by atoms with Crippen molar-refractivity contribution < 1.29 is 0 Å². The molecule has 3 heteroatoms. The van der Waals surface area contributed by atoms with Gasteiger partial charge in [0.1, 0.15) is 0 Å². The lowest BCUT2D eigenvalue weighted by molar-refractivity contribution is 1.18. The van der Waals surface area contributed by atoms with E-state index in [1.807, 2.05) is 6.07 Å². The molecule has 12 rings (SSSR count). The Bertz CT molecular complexity index is 3540. The van der Waals surface area contributed by atoms with Gasteiger partial charge >= 0.3 is 0 Å². The number of hydrogen-bond acceptors (Lipinski definition) is 1. The molecule has 0 aliphatic carbocycles. The zero-order valence-electron chi connectivity index (χ0n) is 33.9. The predicted molar refractivity (Wildman–Crippen MR) is 260 cm³/mol. The quantitative estimate of drug-likeness (QED) is 0.158. The Morgan fingerprint density at radius 3 is 1.23 bits per heavy atom. The minimum absolute atomic E-state index is 0.955. The number of para-hydroxylation sites is 3. The molecule has 0 unspecified atom stereocenters. The molecular weight excluding hydrogens is 751 g/mol. The van der Waals surface area contributed by atoms with Crippen molar-refractivity contribution in [3.05, 3.63) is 237 Å². The number of hydrogen-bond donors (Lipinski definition) is 0. The first kappa shape index (κ1) is 35.7. The molecule has 0 aliphatic rings. The van der Waals surface area contributed by atoms with Gasteiger partial charge in [-0.3, -0.25) is 0 Å². The van der Waals surface area contributed by atoms with Crippen molar-refractivity contribution in [2.45, 2.75) is 0 Å². The second kappa shape index (κ2) is 14.8. The lowest BCUT2D eigenvalue weighted by Crippen LogP contribution is -1.94. The lowest BCUT2D eigenvalue weighted by atomic mass is 9.98. The number of pyridine rings is 1. The van der Waals surface area contributed by atoms with Gasteiger partial charge in [-0.2, -0.15) is 0 Å².